The summed E-state index contributed by atoms with van der Waals surface area (Å²) in [5, 5.41) is 12.1. The summed E-state index contributed by atoms with van der Waals surface area (Å²) in [7, 11) is 0. The summed E-state index contributed by atoms with van der Waals surface area (Å²) in [5.74, 6) is -1.14. The van der Waals surface area contributed by atoms with Crippen molar-refractivity contribution in [1.29, 1.82) is 0 Å². The molecule has 0 fully saturated rings. The van der Waals surface area contributed by atoms with E-state index in [0.717, 1.165) is 24.8 Å². The first-order chi connectivity index (χ1) is 16.1. The van der Waals surface area contributed by atoms with Gasteiger partial charge in [-0.1, -0.05) is 114 Å². The molecule has 1 rings (SSSR count). The Bertz CT molecular complexity index is 642. The Morgan fingerprint density at radius 2 is 1.30 bits per heavy atom. The molecule has 0 bridgehead atoms. The predicted molar refractivity (Wildman–Crippen MR) is 138 cm³/mol. The minimum atomic E-state index is -0.982. The van der Waals surface area contributed by atoms with Crippen LogP contribution in [-0.4, -0.2) is 23.0 Å². The van der Waals surface area contributed by atoms with Gasteiger partial charge in [-0.25, -0.2) is 4.79 Å². The minimum Gasteiger partial charge on any atom is -0.480 e. The topological polar surface area (TPSA) is 66.4 Å². The molecule has 0 aliphatic rings. The quantitative estimate of drug-likeness (QED) is 0.147. The van der Waals surface area contributed by atoms with Crippen molar-refractivity contribution in [2.45, 2.75) is 122 Å². The highest BCUT2D eigenvalue weighted by Crippen LogP contribution is 2.11. The molecule has 1 unspecified atom stereocenters. The minimum absolute atomic E-state index is 0.161. The summed E-state index contributed by atoms with van der Waals surface area (Å²) in [6.07, 6.45) is 24.1. The number of carbonyl (C=O) groups excluding carboxylic acids is 1. The monoisotopic (exact) mass is 457 g/mol. The van der Waals surface area contributed by atoms with E-state index in [-0.39, 0.29) is 5.91 Å². The first kappa shape index (κ1) is 28.9. The van der Waals surface area contributed by atoms with Gasteiger partial charge in [0, 0.05) is 12.8 Å². The first-order valence-corrected chi connectivity index (χ1v) is 13.3. The maximum Gasteiger partial charge on any atom is 0.326 e. The second-order valence-corrected chi connectivity index (χ2v) is 9.19. The van der Waals surface area contributed by atoms with Crippen molar-refractivity contribution in [1.82, 2.24) is 5.32 Å². The molecule has 33 heavy (non-hydrogen) atoms. The lowest BCUT2D eigenvalue weighted by atomic mass is 10.0. The van der Waals surface area contributed by atoms with Crippen molar-refractivity contribution in [3.05, 3.63) is 48.0 Å². The molecule has 1 atom stereocenters. The summed E-state index contributed by atoms with van der Waals surface area (Å²) in [5.41, 5.74) is 0.915. The van der Waals surface area contributed by atoms with Crippen molar-refractivity contribution in [2.75, 3.05) is 0 Å². The fraction of sp³-hybridized carbons (Fsp3) is 0.655. The lowest BCUT2D eigenvalue weighted by molar-refractivity contribution is -0.141. The van der Waals surface area contributed by atoms with Crippen LogP contribution in [0.1, 0.15) is 115 Å². The van der Waals surface area contributed by atoms with E-state index >= 15 is 0 Å². The molecule has 4 heteroatoms. The van der Waals surface area contributed by atoms with Crippen LogP contribution in [-0.2, 0) is 16.0 Å². The van der Waals surface area contributed by atoms with Crippen LogP contribution < -0.4 is 5.32 Å². The van der Waals surface area contributed by atoms with E-state index in [0.29, 0.717) is 12.8 Å². The number of benzene rings is 1. The van der Waals surface area contributed by atoms with E-state index in [1.807, 2.05) is 30.3 Å². The largest absolute Gasteiger partial charge is 0.480 e. The highest BCUT2D eigenvalue weighted by molar-refractivity contribution is 5.83. The Balaban J connectivity index is 1.94. The van der Waals surface area contributed by atoms with Crippen molar-refractivity contribution in [3.8, 4) is 0 Å². The molecular weight excluding hydrogens is 410 g/mol. The summed E-state index contributed by atoms with van der Waals surface area (Å²) in [6.45, 7) is 2.26. The van der Waals surface area contributed by atoms with Gasteiger partial charge in [-0.3, -0.25) is 4.79 Å². The van der Waals surface area contributed by atoms with Crippen LogP contribution in [0.5, 0.6) is 0 Å². The van der Waals surface area contributed by atoms with Gasteiger partial charge in [-0.15, -0.1) is 0 Å². The average molecular weight is 458 g/mol. The number of carboxylic acid groups (broad SMARTS) is 1. The van der Waals surface area contributed by atoms with Gasteiger partial charge in [0.25, 0.3) is 0 Å². The predicted octanol–water partition coefficient (Wildman–Crippen LogP) is 7.62. The second-order valence-electron chi connectivity index (χ2n) is 9.19. The maximum absolute atomic E-state index is 12.1. The molecule has 2 N–H and O–H groups in total. The Hall–Kier alpha value is -2.10. The van der Waals surface area contributed by atoms with Gasteiger partial charge in [0.2, 0.25) is 5.91 Å². The van der Waals surface area contributed by atoms with Crippen LogP contribution in [0.15, 0.2) is 42.5 Å². The third-order valence-corrected chi connectivity index (χ3v) is 6.08. The molecule has 1 aromatic carbocycles. The molecule has 0 heterocycles. The molecule has 1 aromatic rings. The van der Waals surface area contributed by atoms with Gasteiger partial charge in [-0.2, -0.15) is 0 Å². The number of unbranched alkanes of at least 4 members (excludes halogenated alkanes) is 13. The molecule has 0 saturated carbocycles. The Kier molecular flexibility index (Phi) is 18.0. The van der Waals surface area contributed by atoms with Crippen molar-refractivity contribution >= 4 is 11.9 Å². The second kappa shape index (κ2) is 20.5. The normalized spacial score (nSPS) is 12.2. The summed E-state index contributed by atoms with van der Waals surface area (Å²) in [4.78, 5) is 23.6. The zero-order valence-corrected chi connectivity index (χ0v) is 20.9. The van der Waals surface area contributed by atoms with Crippen LogP contribution in [0.2, 0.25) is 0 Å². The van der Waals surface area contributed by atoms with Crippen LogP contribution in [0.3, 0.4) is 0 Å². The summed E-state index contributed by atoms with van der Waals surface area (Å²) in [6, 6.07) is 8.56. The number of amides is 1. The molecule has 0 aliphatic carbocycles. The Labute approximate surface area is 202 Å². The first-order valence-electron chi connectivity index (χ1n) is 13.3. The molecule has 0 aromatic heterocycles. The van der Waals surface area contributed by atoms with Crippen molar-refractivity contribution < 1.29 is 14.7 Å². The van der Waals surface area contributed by atoms with E-state index < -0.39 is 12.0 Å². The number of allylic oxidation sites excluding steroid dienone is 2. The van der Waals surface area contributed by atoms with Gasteiger partial charge in [0.15, 0.2) is 0 Å². The average Bonchev–Trinajstić information content (AvgIpc) is 2.81. The third kappa shape index (κ3) is 17.1. The van der Waals surface area contributed by atoms with Gasteiger partial charge < -0.3 is 10.4 Å². The number of hydrogen-bond donors (Lipinski definition) is 2. The van der Waals surface area contributed by atoms with Crippen molar-refractivity contribution in [2.24, 2.45) is 0 Å². The SMILES string of the molecule is CCCCCCCC/C=C\CCCCCCCCCC(=O)NC(Cc1ccccc1)C(=O)O. The maximum atomic E-state index is 12.1. The summed E-state index contributed by atoms with van der Waals surface area (Å²) < 4.78 is 0. The van der Waals surface area contributed by atoms with Crippen LogP contribution in [0.4, 0.5) is 0 Å². The van der Waals surface area contributed by atoms with Crippen LogP contribution in [0.25, 0.3) is 0 Å². The Morgan fingerprint density at radius 1 is 0.788 bits per heavy atom. The standard InChI is InChI=1S/C29H47NO3/c1-2-3-4-5-6-7-8-9-10-11-12-13-14-15-16-17-21-24-28(31)30-27(29(32)33)25-26-22-19-18-20-23-26/h9-10,18-20,22-23,27H,2-8,11-17,21,24-25H2,1H3,(H,30,31)(H,32,33)/b10-9-. The van der Waals surface area contributed by atoms with Gasteiger partial charge in [0.05, 0.1) is 0 Å². The van der Waals surface area contributed by atoms with E-state index in [2.05, 4.69) is 24.4 Å². The lowest BCUT2D eigenvalue weighted by Gasteiger charge is -2.14. The van der Waals surface area contributed by atoms with E-state index in [9.17, 15) is 14.7 Å². The molecule has 186 valence electrons. The number of rotatable bonds is 21. The van der Waals surface area contributed by atoms with E-state index in [1.165, 1.54) is 77.0 Å². The Morgan fingerprint density at radius 3 is 1.85 bits per heavy atom. The molecule has 0 saturated heterocycles. The zero-order valence-electron chi connectivity index (χ0n) is 20.9. The van der Waals surface area contributed by atoms with Crippen LogP contribution >= 0.6 is 0 Å². The van der Waals surface area contributed by atoms with E-state index in [1.54, 1.807) is 0 Å². The molecule has 0 spiro atoms. The smallest absolute Gasteiger partial charge is 0.326 e. The molecule has 0 aliphatic heterocycles. The van der Waals surface area contributed by atoms with Crippen LogP contribution in [0, 0.1) is 0 Å². The molecular formula is C29H47NO3. The highest BCUT2D eigenvalue weighted by atomic mass is 16.4. The van der Waals surface area contributed by atoms with Gasteiger partial charge in [-0.05, 0) is 37.7 Å². The summed E-state index contributed by atoms with van der Waals surface area (Å²) >= 11 is 0. The van der Waals surface area contributed by atoms with Gasteiger partial charge >= 0.3 is 5.97 Å². The molecule has 1 amide bonds. The third-order valence-electron chi connectivity index (χ3n) is 6.08. The molecule has 4 nitrogen and oxygen atoms in total. The van der Waals surface area contributed by atoms with E-state index in [4.69, 9.17) is 0 Å². The van der Waals surface area contributed by atoms with Crippen molar-refractivity contribution in [3.63, 3.8) is 0 Å². The lowest BCUT2D eigenvalue weighted by Crippen LogP contribution is -2.42. The molecule has 0 radical (unpaired) electrons. The highest BCUT2D eigenvalue weighted by Gasteiger charge is 2.19. The number of nitrogens with one attached hydrogen (secondary N) is 1. The zero-order chi connectivity index (χ0) is 24.0. The van der Waals surface area contributed by atoms with Gasteiger partial charge in [0.1, 0.15) is 6.04 Å². The number of hydrogen-bond acceptors (Lipinski definition) is 2. The fourth-order valence-corrected chi connectivity index (χ4v) is 4.03. The number of carboxylic acids is 1. The number of aliphatic carboxylic acids is 1. The fourth-order valence-electron chi connectivity index (χ4n) is 4.03. The number of carbonyl (C=O) groups is 2.